The Hall–Kier alpha value is -0.880. The van der Waals surface area contributed by atoms with Crippen LogP contribution >= 0.6 is 11.3 Å². The van der Waals surface area contributed by atoms with Crippen LogP contribution in [0.3, 0.4) is 0 Å². The molecule has 0 bridgehead atoms. The zero-order valence-corrected chi connectivity index (χ0v) is 4.27. The molecule has 1 heterocycles. The SMILES string of the molecule is [C-]#[N+]c1cscn1. The number of rotatable bonds is 0. The van der Waals surface area contributed by atoms with Crippen molar-refractivity contribution >= 4 is 17.2 Å². The number of aromatic nitrogens is 1. The minimum Gasteiger partial charge on any atom is -0.360 e. The van der Waals surface area contributed by atoms with Gasteiger partial charge in [-0.2, -0.15) is 0 Å². The van der Waals surface area contributed by atoms with Gasteiger partial charge in [0, 0.05) is 5.38 Å². The number of nitrogens with zero attached hydrogens (tertiary/aromatic N) is 2. The summed E-state index contributed by atoms with van der Waals surface area (Å²) in [5, 5.41) is 1.72. The van der Waals surface area contributed by atoms with Crippen molar-refractivity contribution in [2.24, 2.45) is 0 Å². The van der Waals surface area contributed by atoms with Gasteiger partial charge in [-0.3, -0.25) is 0 Å². The molecule has 0 aliphatic rings. The summed E-state index contributed by atoms with van der Waals surface area (Å²) >= 11 is 1.44. The average molecular weight is 110 g/mol. The van der Waals surface area contributed by atoms with E-state index >= 15 is 0 Å². The summed E-state index contributed by atoms with van der Waals surface area (Å²) in [6.07, 6.45) is 0. The van der Waals surface area contributed by atoms with Crippen molar-refractivity contribution in [1.82, 2.24) is 4.98 Å². The van der Waals surface area contributed by atoms with Crippen LogP contribution in [0.4, 0.5) is 5.82 Å². The molecule has 0 aliphatic heterocycles. The molecule has 1 aromatic heterocycles. The van der Waals surface area contributed by atoms with Gasteiger partial charge in [-0.25, -0.2) is 0 Å². The van der Waals surface area contributed by atoms with Crippen molar-refractivity contribution in [1.29, 1.82) is 0 Å². The van der Waals surface area contributed by atoms with Crippen LogP contribution in [0, 0.1) is 6.57 Å². The molecule has 0 spiro atoms. The van der Waals surface area contributed by atoms with Crippen LogP contribution in [-0.4, -0.2) is 4.98 Å². The second-order valence-corrected chi connectivity index (χ2v) is 1.68. The molecule has 1 rings (SSSR count). The maximum atomic E-state index is 6.43. The topological polar surface area (TPSA) is 17.2 Å². The Morgan fingerprint density at radius 1 is 1.86 bits per heavy atom. The van der Waals surface area contributed by atoms with Crippen LogP contribution in [0.2, 0.25) is 0 Å². The fourth-order valence-corrected chi connectivity index (χ4v) is 0.726. The Morgan fingerprint density at radius 3 is 3.00 bits per heavy atom. The maximum Gasteiger partial charge on any atom is 0.280 e. The Labute approximate surface area is 45.3 Å². The highest BCUT2D eigenvalue weighted by Crippen LogP contribution is 2.08. The van der Waals surface area contributed by atoms with E-state index in [9.17, 15) is 0 Å². The average Bonchev–Trinajstić information content (AvgIpc) is 2.14. The molecule has 7 heavy (non-hydrogen) atoms. The molecule has 0 aromatic carbocycles. The molecule has 0 radical (unpaired) electrons. The van der Waals surface area contributed by atoms with E-state index < -0.39 is 0 Å². The molecular weight excluding hydrogens is 108 g/mol. The number of hydrogen-bond acceptors (Lipinski definition) is 2. The molecule has 0 saturated heterocycles. The van der Waals surface area contributed by atoms with Crippen LogP contribution in [0.1, 0.15) is 0 Å². The Kier molecular flexibility index (Phi) is 1.05. The lowest BCUT2D eigenvalue weighted by Crippen LogP contribution is -1.48. The summed E-state index contributed by atoms with van der Waals surface area (Å²) in [5.74, 6) is 0.491. The van der Waals surface area contributed by atoms with Gasteiger partial charge in [0.25, 0.3) is 5.82 Å². The Balaban J connectivity index is 3.04. The fraction of sp³-hybridized carbons (Fsp3) is 0. The first-order chi connectivity index (χ1) is 3.43. The second kappa shape index (κ2) is 1.71. The lowest BCUT2D eigenvalue weighted by Gasteiger charge is -1.65. The zero-order valence-electron chi connectivity index (χ0n) is 3.46. The molecule has 0 saturated carbocycles. The van der Waals surface area contributed by atoms with E-state index in [2.05, 4.69) is 9.83 Å². The lowest BCUT2D eigenvalue weighted by atomic mass is 10.8. The van der Waals surface area contributed by atoms with Gasteiger partial charge in [-0.15, -0.1) is 16.3 Å². The molecular formula is C4H2N2S. The van der Waals surface area contributed by atoms with Crippen molar-refractivity contribution in [3.8, 4) is 0 Å². The summed E-state index contributed by atoms with van der Waals surface area (Å²) in [4.78, 5) is 6.78. The van der Waals surface area contributed by atoms with Crippen molar-refractivity contribution in [3.05, 3.63) is 22.3 Å². The van der Waals surface area contributed by atoms with Gasteiger partial charge in [-0.1, -0.05) is 6.57 Å². The van der Waals surface area contributed by atoms with Crippen LogP contribution in [0.15, 0.2) is 10.9 Å². The first-order valence-electron chi connectivity index (χ1n) is 1.69. The third-order valence-corrected chi connectivity index (χ3v) is 1.11. The minimum atomic E-state index is 0.491. The third-order valence-electron chi connectivity index (χ3n) is 0.534. The molecule has 1 aromatic rings. The van der Waals surface area contributed by atoms with Gasteiger partial charge in [0.15, 0.2) is 5.51 Å². The summed E-state index contributed by atoms with van der Waals surface area (Å²) in [6.45, 7) is 6.43. The molecule has 0 aliphatic carbocycles. The van der Waals surface area contributed by atoms with E-state index in [4.69, 9.17) is 6.57 Å². The zero-order chi connectivity index (χ0) is 5.11. The van der Waals surface area contributed by atoms with Crippen LogP contribution in [-0.2, 0) is 0 Å². The van der Waals surface area contributed by atoms with Crippen molar-refractivity contribution in [2.75, 3.05) is 0 Å². The summed E-state index contributed by atoms with van der Waals surface area (Å²) < 4.78 is 0. The van der Waals surface area contributed by atoms with Gasteiger partial charge >= 0.3 is 0 Å². The van der Waals surface area contributed by atoms with Crippen LogP contribution in [0.25, 0.3) is 4.85 Å². The molecule has 0 unspecified atom stereocenters. The summed E-state index contributed by atoms with van der Waals surface area (Å²) in [5.41, 5.74) is 1.65. The van der Waals surface area contributed by atoms with E-state index in [0.717, 1.165) is 0 Å². The van der Waals surface area contributed by atoms with Crippen molar-refractivity contribution < 1.29 is 0 Å². The maximum absolute atomic E-state index is 6.43. The summed E-state index contributed by atoms with van der Waals surface area (Å²) in [6, 6.07) is 0. The Morgan fingerprint density at radius 2 is 2.71 bits per heavy atom. The predicted octanol–water partition coefficient (Wildman–Crippen LogP) is 1.69. The smallest absolute Gasteiger partial charge is 0.280 e. The Bertz CT molecular complexity index is 172. The lowest BCUT2D eigenvalue weighted by molar-refractivity contribution is 1.45. The summed E-state index contributed by atoms with van der Waals surface area (Å²) in [7, 11) is 0. The van der Waals surface area contributed by atoms with Crippen LogP contribution < -0.4 is 0 Å². The van der Waals surface area contributed by atoms with E-state index in [1.807, 2.05) is 0 Å². The fourth-order valence-electron chi connectivity index (χ4n) is 0.261. The van der Waals surface area contributed by atoms with Gasteiger partial charge in [-0.05, 0) is 0 Å². The first kappa shape index (κ1) is 4.28. The third kappa shape index (κ3) is 0.756. The highest BCUT2D eigenvalue weighted by Gasteiger charge is 1.85. The highest BCUT2D eigenvalue weighted by atomic mass is 32.1. The van der Waals surface area contributed by atoms with Gasteiger partial charge in [0.05, 0.1) is 0 Å². The highest BCUT2D eigenvalue weighted by molar-refractivity contribution is 7.07. The molecule has 0 N–H and O–H groups in total. The number of thiazole rings is 1. The molecule has 2 nitrogen and oxygen atoms in total. The molecule has 0 amide bonds. The largest absolute Gasteiger partial charge is 0.360 e. The molecule has 34 valence electrons. The van der Waals surface area contributed by atoms with Gasteiger partial charge < -0.3 is 4.85 Å². The standard InChI is InChI=1S/C4H2N2S/c1-5-4-2-7-3-6-4/h2-3H. The number of hydrogen-bond donors (Lipinski definition) is 0. The monoisotopic (exact) mass is 110 g/mol. The van der Waals surface area contributed by atoms with Gasteiger partial charge in [0.1, 0.15) is 0 Å². The predicted molar refractivity (Wildman–Crippen MR) is 28.4 cm³/mol. The van der Waals surface area contributed by atoms with E-state index in [-0.39, 0.29) is 0 Å². The molecule has 0 fully saturated rings. The molecule has 3 heteroatoms. The van der Waals surface area contributed by atoms with Crippen molar-refractivity contribution in [2.45, 2.75) is 0 Å². The quantitative estimate of drug-likeness (QED) is 0.464. The van der Waals surface area contributed by atoms with E-state index in [1.54, 1.807) is 10.9 Å². The molecule has 0 atom stereocenters. The van der Waals surface area contributed by atoms with Crippen molar-refractivity contribution in [3.63, 3.8) is 0 Å². The van der Waals surface area contributed by atoms with E-state index in [0.29, 0.717) is 5.82 Å². The van der Waals surface area contributed by atoms with Gasteiger partial charge in [0.2, 0.25) is 0 Å². The minimum absolute atomic E-state index is 0.491. The normalized spacial score (nSPS) is 7.86. The van der Waals surface area contributed by atoms with E-state index in [1.165, 1.54) is 11.3 Å². The first-order valence-corrected chi connectivity index (χ1v) is 2.63. The second-order valence-electron chi connectivity index (χ2n) is 0.958. The van der Waals surface area contributed by atoms with Crippen LogP contribution in [0.5, 0.6) is 0 Å².